The fourth-order valence-corrected chi connectivity index (χ4v) is 3.36. The molecule has 98 valence electrons. The van der Waals surface area contributed by atoms with E-state index in [1.807, 2.05) is 35.7 Å². The minimum Gasteiger partial charge on any atom is -0.309 e. The molecule has 0 bridgehead atoms. The molecular formula is C15H17N3S. The van der Waals surface area contributed by atoms with Crippen LogP contribution in [0.3, 0.4) is 0 Å². The average Bonchev–Trinajstić information content (AvgIpc) is 3.37. The lowest BCUT2D eigenvalue weighted by Crippen LogP contribution is -2.15. The molecule has 4 rings (SSSR count). The summed E-state index contributed by atoms with van der Waals surface area (Å²) in [6.45, 7) is 0.987. The van der Waals surface area contributed by atoms with Gasteiger partial charge in [0.05, 0.1) is 11.4 Å². The summed E-state index contributed by atoms with van der Waals surface area (Å²) in [5.41, 5.74) is 2.34. The third kappa shape index (κ3) is 2.55. The number of rotatable bonds is 5. The smallest absolute Gasteiger partial charge is 0.142 e. The third-order valence-electron chi connectivity index (χ3n) is 3.70. The minimum atomic E-state index is 0.713. The average molecular weight is 271 g/mol. The molecule has 0 aliphatic heterocycles. The summed E-state index contributed by atoms with van der Waals surface area (Å²) < 4.78 is 0. The van der Waals surface area contributed by atoms with Gasteiger partial charge < -0.3 is 5.32 Å². The van der Waals surface area contributed by atoms with E-state index < -0.39 is 0 Å². The van der Waals surface area contributed by atoms with Gasteiger partial charge >= 0.3 is 0 Å². The van der Waals surface area contributed by atoms with Gasteiger partial charge in [-0.05, 0) is 37.8 Å². The van der Waals surface area contributed by atoms with Crippen molar-refractivity contribution in [2.24, 2.45) is 0 Å². The molecule has 2 heterocycles. The van der Waals surface area contributed by atoms with Crippen LogP contribution in [0.1, 0.15) is 42.2 Å². The van der Waals surface area contributed by atoms with Crippen molar-refractivity contribution in [1.82, 2.24) is 15.3 Å². The summed E-state index contributed by atoms with van der Waals surface area (Å²) in [6, 6.07) is 6.79. The molecule has 4 heteroatoms. The van der Waals surface area contributed by atoms with Crippen molar-refractivity contribution >= 4 is 11.3 Å². The number of thiazole rings is 1. The molecule has 19 heavy (non-hydrogen) atoms. The highest BCUT2D eigenvalue weighted by atomic mass is 32.1. The molecule has 0 aromatic carbocycles. The van der Waals surface area contributed by atoms with Gasteiger partial charge in [-0.3, -0.25) is 4.98 Å². The molecule has 0 atom stereocenters. The van der Waals surface area contributed by atoms with Gasteiger partial charge in [0.15, 0.2) is 0 Å². The number of nitrogens with zero attached hydrogens (tertiary/aromatic N) is 2. The topological polar surface area (TPSA) is 37.8 Å². The van der Waals surface area contributed by atoms with Crippen molar-refractivity contribution in [3.8, 4) is 10.7 Å². The normalized spacial score (nSPS) is 18.7. The van der Waals surface area contributed by atoms with Gasteiger partial charge in [0.2, 0.25) is 0 Å². The molecule has 0 saturated heterocycles. The highest BCUT2D eigenvalue weighted by molar-refractivity contribution is 7.15. The summed E-state index contributed by atoms with van der Waals surface area (Å²) in [6.07, 6.45) is 7.13. The molecule has 2 aliphatic rings. The molecule has 0 spiro atoms. The number of hydrogen-bond acceptors (Lipinski definition) is 4. The van der Waals surface area contributed by atoms with Crippen molar-refractivity contribution in [2.75, 3.05) is 0 Å². The van der Waals surface area contributed by atoms with E-state index in [0.29, 0.717) is 5.92 Å². The van der Waals surface area contributed by atoms with E-state index >= 15 is 0 Å². The zero-order valence-corrected chi connectivity index (χ0v) is 11.6. The second-order valence-corrected chi connectivity index (χ2v) is 6.56. The fourth-order valence-electron chi connectivity index (χ4n) is 2.29. The first-order valence-corrected chi connectivity index (χ1v) is 7.86. The van der Waals surface area contributed by atoms with E-state index in [2.05, 4.69) is 10.3 Å². The highest BCUT2D eigenvalue weighted by Crippen LogP contribution is 2.44. The number of nitrogens with one attached hydrogen (secondary N) is 1. The predicted molar refractivity (Wildman–Crippen MR) is 77.2 cm³/mol. The van der Waals surface area contributed by atoms with Crippen molar-refractivity contribution in [3.63, 3.8) is 0 Å². The second-order valence-electron chi connectivity index (χ2n) is 5.47. The Morgan fingerprint density at radius 1 is 1.21 bits per heavy atom. The molecule has 0 radical (unpaired) electrons. The summed E-state index contributed by atoms with van der Waals surface area (Å²) in [5.74, 6) is 0.713. The Bertz CT molecular complexity index is 570. The summed E-state index contributed by atoms with van der Waals surface area (Å²) in [4.78, 5) is 10.7. The van der Waals surface area contributed by atoms with E-state index in [9.17, 15) is 0 Å². The van der Waals surface area contributed by atoms with Gasteiger partial charge in [0.25, 0.3) is 0 Å². The number of pyridine rings is 1. The Kier molecular flexibility index (Phi) is 2.85. The molecule has 2 aliphatic carbocycles. The Balaban J connectivity index is 1.62. The first-order valence-electron chi connectivity index (χ1n) is 7.04. The van der Waals surface area contributed by atoms with E-state index in [0.717, 1.165) is 23.3 Å². The van der Waals surface area contributed by atoms with Gasteiger partial charge in [-0.25, -0.2) is 4.98 Å². The summed E-state index contributed by atoms with van der Waals surface area (Å²) >= 11 is 1.81. The lowest BCUT2D eigenvalue weighted by atomic mass is 10.2. The van der Waals surface area contributed by atoms with E-state index in [-0.39, 0.29) is 0 Å². The lowest BCUT2D eigenvalue weighted by molar-refractivity contribution is 0.688. The first kappa shape index (κ1) is 11.6. The Morgan fingerprint density at radius 3 is 2.79 bits per heavy atom. The maximum atomic E-state index is 4.86. The molecule has 2 aromatic heterocycles. The van der Waals surface area contributed by atoms with Crippen molar-refractivity contribution in [1.29, 1.82) is 0 Å². The van der Waals surface area contributed by atoms with Gasteiger partial charge in [-0.1, -0.05) is 6.07 Å². The standard InChI is InChI=1S/C15H17N3S/c1-2-8-16-12(3-1)15-18-14(10-4-5-10)13(19-15)9-17-11-6-7-11/h1-3,8,10-11,17H,4-7,9H2. The monoisotopic (exact) mass is 271 g/mol. The van der Waals surface area contributed by atoms with Crippen LogP contribution in [0.2, 0.25) is 0 Å². The molecule has 0 unspecified atom stereocenters. The van der Waals surface area contributed by atoms with Crippen LogP contribution >= 0.6 is 11.3 Å². The van der Waals surface area contributed by atoms with Crippen molar-refractivity contribution in [3.05, 3.63) is 35.0 Å². The zero-order valence-electron chi connectivity index (χ0n) is 10.8. The van der Waals surface area contributed by atoms with Crippen LogP contribution in [0.25, 0.3) is 10.7 Å². The van der Waals surface area contributed by atoms with Gasteiger partial charge in [0.1, 0.15) is 5.01 Å². The predicted octanol–water partition coefficient (Wildman–Crippen LogP) is 3.33. The van der Waals surface area contributed by atoms with Crippen LogP contribution in [-0.4, -0.2) is 16.0 Å². The molecule has 3 nitrogen and oxygen atoms in total. The van der Waals surface area contributed by atoms with E-state index in [1.54, 1.807) is 0 Å². The quantitative estimate of drug-likeness (QED) is 0.906. The molecule has 0 amide bonds. The Morgan fingerprint density at radius 2 is 2.11 bits per heavy atom. The number of aromatic nitrogens is 2. The van der Waals surface area contributed by atoms with E-state index in [4.69, 9.17) is 4.98 Å². The second kappa shape index (κ2) is 4.69. The summed E-state index contributed by atoms with van der Waals surface area (Å²) in [5, 5.41) is 4.69. The summed E-state index contributed by atoms with van der Waals surface area (Å²) in [7, 11) is 0. The van der Waals surface area contributed by atoms with Crippen LogP contribution in [0.5, 0.6) is 0 Å². The first-order chi connectivity index (χ1) is 9.40. The fraction of sp³-hybridized carbons (Fsp3) is 0.467. The van der Waals surface area contributed by atoms with Gasteiger partial charge in [-0.2, -0.15) is 0 Å². The Labute approximate surface area is 117 Å². The highest BCUT2D eigenvalue weighted by Gasteiger charge is 2.30. The molecule has 2 fully saturated rings. The zero-order chi connectivity index (χ0) is 12.7. The largest absolute Gasteiger partial charge is 0.309 e. The van der Waals surface area contributed by atoms with Crippen LogP contribution < -0.4 is 5.32 Å². The maximum absolute atomic E-state index is 4.86. The van der Waals surface area contributed by atoms with Crippen LogP contribution in [0.15, 0.2) is 24.4 Å². The van der Waals surface area contributed by atoms with Gasteiger partial charge in [-0.15, -0.1) is 11.3 Å². The minimum absolute atomic E-state index is 0.713. The van der Waals surface area contributed by atoms with Crippen LogP contribution in [-0.2, 0) is 6.54 Å². The van der Waals surface area contributed by atoms with Crippen LogP contribution in [0, 0.1) is 0 Å². The Hall–Kier alpha value is -1.26. The van der Waals surface area contributed by atoms with Gasteiger partial charge in [0, 0.05) is 29.6 Å². The molecular weight excluding hydrogens is 254 g/mol. The molecule has 1 N–H and O–H groups in total. The third-order valence-corrected chi connectivity index (χ3v) is 4.80. The van der Waals surface area contributed by atoms with Crippen molar-refractivity contribution < 1.29 is 0 Å². The molecule has 2 aromatic rings. The van der Waals surface area contributed by atoms with E-state index in [1.165, 1.54) is 36.3 Å². The van der Waals surface area contributed by atoms with Crippen molar-refractivity contribution in [2.45, 2.75) is 44.2 Å². The number of hydrogen-bond donors (Lipinski definition) is 1. The lowest BCUT2D eigenvalue weighted by Gasteiger charge is -2.01. The van der Waals surface area contributed by atoms with Crippen LogP contribution in [0.4, 0.5) is 0 Å². The molecule has 2 saturated carbocycles. The SMILES string of the molecule is c1ccc(-c2nc(C3CC3)c(CNC3CC3)s2)nc1. The maximum Gasteiger partial charge on any atom is 0.142 e.